The van der Waals surface area contributed by atoms with Gasteiger partial charge in [0.05, 0.1) is 29.5 Å². The van der Waals surface area contributed by atoms with Crippen molar-refractivity contribution >= 4 is 5.82 Å². The first kappa shape index (κ1) is 21.0. The van der Waals surface area contributed by atoms with E-state index in [1.54, 1.807) is 10.9 Å². The minimum atomic E-state index is -0.435. The number of aliphatic hydroxyl groups excluding tert-OH is 1. The van der Waals surface area contributed by atoms with Gasteiger partial charge in [0.25, 0.3) is 0 Å². The number of likely N-dealkylation sites (tertiary alicyclic amines) is 1. The smallest absolute Gasteiger partial charge is 0.389 e. The highest BCUT2D eigenvalue weighted by Crippen LogP contribution is 2.29. The molecule has 8 nitrogen and oxygen atoms in total. The van der Waals surface area contributed by atoms with Crippen LogP contribution in [0.1, 0.15) is 55.7 Å². The molecule has 2 atom stereocenters. The molecular formula is C22H31N5O3. The second-order valence-electron chi connectivity index (χ2n) is 8.57. The van der Waals surface area contributed by atoms with Crippen molar-refractivity contribution in [1.82, 2.24) is 20.0 Å². The predicted molar refractivity (Wildman–Crippen MR) is 114 cm³/mol. The maximum Gasteiger partial charge on any atom is 0.389 e. The Labute approximate surface area is 177 Å². The van der Waals surface area contributed by atoms with Gasteiger partial charge in [0.15, 0.2) is 0 Å². The number of piperidine rings is 1. The number of hydrogen-bond acceptors (Lipinski definition) is 6. The van der Waals surface area contributed by atoms with E-state index in [0.29, 0.717) is 0 Å². The standard InChI is InChI=1S/C22H31N5O3/c28-19-9-12-25(13-10-19)16-18-7-5-17(6-8-18)15-23-20-3-1-2-4-21(20)26-14-11-22(24-26)27(29)30/h5-8,11,14,19-21,23,28H,1-4,9-10,12-13,15-16H2/t20-,21+/m1/s1. The topological polar surface area (TPSA) is 96.5 Å². The summed E-state index contributed by atoms with van der Waals surface area (Å²) in [6.45, 7) is 3.63. The molecule has 4 rings (SSSR count). The highest BCUT2D eigenvalue weighted by Gasteiger charge is 2.29. The molecule has 162 valence electrons. The van der Waals surface area contributed by atoms with Gasteiger partial charge in [-0.25, -0.2) is 0 Å². The fourth-order valence-electron chi connectivity index (χ4n) is 4.62. The zero-order valence-corrected chi connectivity index (χ0v) is 17.3. The second-order valence-corrected chi connectivity index (χ2v) is 8.57. The lowest BCUT2D eigenvalue weighted by atomic mass is 9.90. The van der Waals surface area contributed by atoms with Crippen LogP contribution in [0.3, 0.4) is 0 Å². The van der Waals surface area contributed by atoms with Gasteiger partial charge in [-0.05, 0) is 41.7 Å². The Morgan fingerprint density at radius 1 is 1.07 bits per heavy atom. The molecule has 2 aromatic rings. The van der Waals surface area contributed by atoms with Crippen LogP contribution in [0.2, 0.25) is 0 Å². The van der Waals surface area contributed by atoms with Gasteiger partial charge in [0, 0.05) is 32.2 Å². The molecular weight excluding hydrogens is 382 g/mol. The van der Waals surface area contributed by atoms with E-state index >= 15 is 0 Å². The first-order valence-corrected chi connectivity index (χ1v) is 11.0. The maximum absolute atomic E-state index is 11.0. The van der Waals surface area contributed by atoms with Gasteiger partial charge in [-0.3, -0.25) is 4.90 Å². The number of hydrogen-bond donors (Lipinski definition) is 2. The fraction of sp³-hybridized carbons (Fsp3) is 0.591. The Morgan fingerprint density at radius 3 is 2.47 bits per heavy atom. The third-order valence-electron chi connectivity index (χ3n) is 6.41. The van der Waals surface area contributed by atoms with Crippen molar-refractivity contribution in [3.8, 4) is 0 Å². The van der Waals surface area contributed by atoms with Crippen LogP contribution < -0.4 is 5.32 Å². The zero-order chi connectivity index (χ0) is 20.9. The molecule has 0 spiro atoms. The van der Waals surface area contributed by atoms with E-state index in [2.05, 4.69) is 39.6 Å². The van der Waals surface area contributed by atoms with Gasteiger partial charge in [-0.2, -0.15) is 4.68 Å². The molecule has 1 aliphatic carbocycles. The van der Waals surface area contributed by atoms with E-state index in [-0.39, 0.29) is 24.0 Å². The molecule has 1 aromatic heterocycles. The highest BCUT2D eigenvalue weighted by atomic mass is 16.6. The molecule has 1 aromatic carbocycles. The quantitative estimate of drug-likeness (QED) is 0.535. The maximum atomic E-state index is 11.0. The summed E-state index contributed by atoms with van der Waals surface area (Å²) in [5, 5.41) is 28.4. The molecule has 2 aliphatic rings. The summed E-state index contributed by atoms with van der Waals surface area (Å²) >= 11 is 0. The summed E-state index contributed by atoms with van der Waals surface area (Å²) in [7, 11) is 0. The third kappa shape index (κ3) is 5.24. The van der Waals surface area contributed by atoms with E-state index < -0.39 is 4.92 Å². The number of rotatable bonds is 7. The molecule has 0 unspecified atom stereocenters. The molecule has 30 heavy (non-hydrogen) atoms. The summed E-state index contributed by atoms with van der Waals surface area (Å²) in [5.74, 6) is -0.0851. The molecule has 0 amide bonds. The predicted octanol–water partition coefficient (Wildman–Crippen LogP) is 3.02. The average molecular weight is 414 g/mol. The van der Waals surface area contributed by atoms with Crippen molar-refractivity contribution in [2.45, 2.75) is 69.8 Å². The summed E-state index contributed by atoms with van der Waals surface area (Å²) in [4.78, 5) is 12.9. The van der Waals surface area contributed by atoms with Crippen LogP contribution >= 0.6 is 0 Å². The normalized spacial score (nSPS) is 23.5. The molecule has 2 fully saturated rings. The first-order chi connectivity index (χ1) is 14.6. The number of aromatic nitrogens is 2. The second kappa shape index (κ2) is 9.68. The molecule has 0 radical (unpaired) electrons. The molecule has 2 heterocycles. The van der Waals surface area contributed by atoms with Gasteiger partial charge < -0.3 is 20.5 Å². The number of nitro groups is 1. The number of benzene rings is 1. The number of nitrogens with one attached hydrogen (secondary N) is 1. The summed E-state index contributed by atoms with van der Waals surface area (Å²) < 4.78 is 1.77. The molecule has 2 N–H and O–H groups in total. The minimum Gasteiger partial charge on any atom is -0.393 e. The van der Waals surface area contributed by atoms with Crippen LogP contribution in [0.5, 0.6) is 0 Å². The lowest BCUT2D eigenvalue weighted by Gasteiger charge is -2.31. The highest BCUT2D eigenvalue weighted by molar-refractivity contribution is 5.22. The Balaban J connectivity index is 1.31. The van der Waals surface area contributed by atoms with Gasteiger partial charge in [-0.1, -0.05) is 37.1 Å². The van der Waals surface area contributed by atoms with Crippen LogP contribution in [0.25, 0.3) is 0 Å². The lowest BCUT2D eigenvalue weighted by molar-refractivity contribution is -0.389. The van der Waals surface area contributed by atoms with Crippen molar-refractivity contribution in [3.63, 3.8) is 0 Å². The van der Waals surface area contributed by atoms with E-state index in [1.165, 1.54) is 23.6 Å². The van der Waals surface area contributed by atoms with E-state index in [1.807, 2.05) is 0 Å². The molecule has 0 bridgehead atoms. The van der Waals surface area contributed by atoms with Crippen LogP contribution in [0, 0.1) is 10.1 Å². The first-order valence-electron chi connectivity index (χ1n) is 11.0. The Bertz CT molecular complexity index is 830. The summed E-state index contributed by atoms with van der Waals surface area (Å²) in [6, 6.07) is 10.6. The van der Waals surface area contributed by atoms with Crippen molar-refractivity contribution in [2.24, 2.45) is 0 Å². The van der Waals surface area contributed by atoms with Gasteiger partial charge in [-0.15, -0.1) is 0 Å². The van der Waals surface area contributed by atoms with Crippen molar-refractivity contribution < 1.29 is 10.0 Å². The lowest BCUT2D eigenvalue weighted by Crippen LogP contribution is -2.39. The summed E-state index contributed by atoms with van der Waals surface area (Å²) in [6.07, 6.45) is 7.66. The van der Waals surface area contributed by atoms with Crippen LogP contribution in [0.4, 0.5) is 5.82 Å². The van der Waals surface area contributed by atoms with E-state index in [0.717, 1.165) is 58.3 Å². The van der Waals surface area contributed by atoms with E-state index in [4.69, 9.17) is 0 Å². The van der Waals surface area contributed by atoms with E-state index in [9.17, 15) is 15.2 Å². The number of nitrogens with zero attached hydrogens (tertiary/aromatic N) is 4. The third-order valence-corrected chi connectivity index (χ3v) is 6.41. The van der Waals surface area contributed by atoms with Crippen molar-refractivity contribution in [2.75, 3.05) is 13.1 Å². The average Bonchev–Trinajstić information content (AvgIpc) is 3.26. The molecule has 1 saturated heterocycles. The zero-order valence-electron chi connectivity index (χ0n) is 17.3. The van der Waals surface area contributed by atoms with Crippen LogP contribution in [-0.4, -0.2) is 49.9 Å². The molecule has 1 saturated carbocycles. The molecule has 8 heteroatoms. The van der Waals surface area contributed by atoms with Crippen LogP contribution in [0.15, 0.2) is 36.5 Å². The fourth-order valence-corrected chi connectivity index (χ4v) is 4.62. The Morgan fingerprint density at radius 2 is 1.77 bits per heavy atom. The minimum absolute atomic E-state index is 0.0851. The SMILES string of the molecule is O=[N+]([O-])c1ccn([C@H]2CCCC[C@H]2NCc2ccc(CN3CCC(O)CC3)cc2)n1. The number of aliphatic hydroxyl groups is 1. The van der Waals surface area contributed by atoms with Crippen molar-refractivity contribution in [3.05, 3.63) is 57.8 Å². The van der Waals surface area contributed by atoms with Gasteiger partial charge >= 0.3 is 5.82 Å². The monoisotopic (exact) mass is 413 g/mol. The summed E-state index contributed by atoms with van der Waals surface area (Å²) in [5.41, 5.74) is 2.54. The Kier molecular flexibility index (Phi) is 6.76. The van der Waals surface area contributed by atoms with Crippen LogP contribution in [-0.2, 0) is 13.1 Å². The largest absolute Gasteiger partial charge is 0.393 e. The van der Waals surface area contributed by atoms with Gasteiger partial charge in [0.1, 0.15) is 0 Å². The Hall–Kier alpha value is -2.29. The molecule has 1 aliphatic heterocycles. The van der Waals surface area contributed by atoms with Crippen molar-refractivity contribution in [1.29, 1.82) is 0 Å². The van der Waals surface area contributed by atoms with Gasteiger partial charge in [0.2, 0.25) is 0 Å².